The van der Waals surface area contributed by atoms with Crippen molar-refractivity contribution in [2.45, 2.75) is 18.4 Å². The van der Waals surface area contributed by atoms with E-state index in [1.807, 2.05) is 18.0 Å². The fraction of sp³-hybridized carbons (Fsp3) is 0.500. The average Bonchev–Trinajstić information content (AvgIpc) is 3.20. The molecule has 2 rings (SSSR count). The molecule has 1 aromatic carbocycles. The second-order valence-corrected chi connectivity index (χ2v) is 5.20. The van der Waals surface area contributed by atoms with E-state index in [9.17, 15) is 9.18 Å². The zero-order chi connectivity index (χ0) is 14.0. The van der Waals surface area contributed by atoms with Gasteiger partial charge < -0.3 is 16.0 Å². The third-order valence-corrected chi connectivity index (χ3v) is 3.90. The van der Waals surface area contributed by atoms with Gasteiger partial charge in [0.15, 0.2) is 0 Å². The molecule has 3 N–H and O–H groups in total. The normalized spacial score (nSPS) is 17.8. The van der Waals surface area contributed by atoms with E-state index >= 15 is 0 Å². The number of benzene rings is 1. The minimum atomic E-state index is -0.735. The topological polar surface area (TPSA) is 58.4 Å². The number of carbonyl (C=O) groups excluding carboxylic acids is 1. The van der Waals surface area contributed by atoms with Crippen LogP contribution >= 0.6 is 0 Å². The molecule has 4 nitrogen and oxygen atoms in total. The number of hydrogen-bond acceptors (Lipinski definition) is 3. The van der Waals surface area contributed by atoms with Crippen LogP contribution < -0.4 is 16.0 Å². The standard InChI is InChI=1S/C14H20FN3O/c1-17-14(13(16)19,10-6-7-10)9-18(2)12-5-3-4-11(15)8-12/h3-5,8,10,17H,6-7,9H2,1-2H3,(H2,16,19). The first kappa shape index (κ1) is 13.8. The van der Waals surface area contributed by atoms with E-state index in [-0.39, 0.29) is 17.6 Å². The molecule has 0 saturated heterocycles. The Morgan fingerprint density at radius 1 is 1.58 bits per heavy atom. The Balaban J connectivity index is 2.19. The van der Waals surface area contributed by atoms with Gasteiger partial charge in [0.05, 0.1) is 0 Å². The van der Waals surface area contributed by atoms with Gasteiger partial charge in [0.2, 0.25) is 5.91 Å². The molecule has 1 aliphatic carbocycles. The van der Waals surface area contributed by atoms with Gasteiger partial charge in [-0.15, -0.1) is 0 Å². The molecule has 0 aliphatic heterocycles. The van der Waals surface area contributed by atoms with E-state index in [0.717, 1.165) is 18.5 Å². The number of likely N-dealkylation sites (N-methyl/N-ethyl adjacent to an activating group) is 2. The third kappa shape index (κ3) is 2.71. The van der Waals surface area contributed by atoms with Crippen molar-refractivity contribution < 1.29 is 9.18 Å². The van der Waals surface area contributed by atoms with Gasteiger partial charge in [0, 0.05) is 19.3 Å². The van der Waals surface area contributed by atoms with Crippen molar-refractivity contribution in [2.24, 2.45) is 11.7 Å². The number of nitrogens with one attached hydrogen (secondary N) is 1. The maximum Gasteiger partial charge on any atom is 0.239 e. The Labute approximate surface area is 112 Å². The number of primary amides is 1. The predicted octanol–water partition coefficient (Wildman–Crippen LogP) is 1.12. The molecule has 1 fully saturated rings. The summed E-state index contributed by atoms with van der Waals surface area (Å²) in [6.45, 7) is 0.437. The number of nitrogens with zero attached hydrogens (tertiary/aromatic N) is 1. The lowest BCUT2D eigenvalue weighted by molar-refractivity contribution is -0.124. The fourth-order valence-corrected chi connectivity index (χ4v) is 2.57. The van der Waals surface area contributed by atoms with Gasteiger partial charge in [-0.2, -0.15) is 0 Å². The van der Waals surface area contributed by atoms with E-state index in [0.29, 0.717) is 6.54 Å². The van der Waals surface area contributed by atoms with E-state index in [1.165, 1.54) is 12.1 Å². The number of nitrogens with two attached hydrogens (primary N) is 1. The first-order chi connectivity index (χ1) is 8.99. The second-order valence-electron chi connectivity index (χ2n) is 5.20. The number of amides is 1. The van der Waals surface area contributed by atoms with Crippen molar-refractivity contribution >= 4 is 11.6 Å². The summed E-state index contributed by atoms with van der Waals surface area (Å²) < 4.78 is 13.2. The van der Waals surface area contributed by atoms with Crippen molar-refractivity contribution in [2.75, 3.05) is 25.5 Å². The highest BCUT2D eigenvalue weighted by Gasteiger charge is 2.49. The van der Waals surface area contributed by atoms with Crippen LogP contribution in [0.5, 0.6) is 0 Å². The van der Waals surface area contributed by atoms with Crippen LogP contribution in [0, 0.1) is 11.7 Å². The molecule has 104 valence electrons. The first-order valence-electron chi connectivity index (χ1n) is 6.45. The molecule has 1 aromatic rings. The zero-order valence-corrected chi connectivity index (χ0v) is 11.3. The monoisotopic (exact) mass is 265 g/mol. The van der Waals surface area contributed by atoms with Gasteiger partial charge in [-0.25, -0.2) is 4.39 Å². The number of halogens is 1. The van der Waals surface area contributed by atoms with Gasteiger partial charge >= 0.3 is 0 Å². The summed E-state index contributed by atoms with van der Waals surface area (Å²) in [6, 6.07) is 6.33. The molecule has 1 amide bonds. The van der Waals surface area contributed by atoms with Gasteiger partial charge in [0.1, 0.15) is 11.4 Å². The molecule has 1 aliphatic rings. The summed E-state index contributed by atoms with van der Waals surface area (Å²) >= 11 is 0. The van der Waals surface area contributed by atoms with Crippen molar-refractivity contribution in [3.8, 4) is 0 Å². The summed E-state index contributed by atoms with van der Waals surface area (Å²) in [5.74, 6) is -0.364. The molecule has 1 saturated carbocycles. The minimum absolute atomic E-state index is 0.269. The minimum Gasteiger partial charge on any atom is -0.372 e. The molecule has 19 heavy (non-hydrogen) atoms. The highest BCUT2D eigenvalue weighted by Crippen LogP contribution is 2.40. The molecular weight excluding hydrogens is 245 g/mol. The zero-order valence-electron chi connectivity index (χ0n) is 11.3. The lowest BCUT2D eigenvalue weighted by Crippen LogP contribution is -2.61. The number of rotatable bonds is 6. The SMILES string of the molecule is CNC(CN(C)c1cccc(F)c1)(C(N)=O)C1CC1. The van der Waals surface area contributed by atoms with Crippen LogP contribution in [-0.4, -0.2) is 32.1 Å². The molecule has 0 heterocycles. The van der Waals surface area contributed by atoms with E-state index in [1.54, 1.807) is 13.1 Å². The lowest BCUT2D eigenvalue weighted by atomic mass is 9.91. The largest absolute Gasteiger partial charge is 0.372 e. The maximum atomic E-state index is 13.2. The highest BCUT2D eigenvalue weighted by atomic mass is 19.1. The molecule has 0 spiro atoms. The van der Waals surface area contributed by atoms with Crippen LogP contribution in [-0.2, 0) is 4.79 Å². The van der Waals surface area contributed by atoms with Crippen molar-refractivity contribution in [3.05, 3.63) is 30.1 Å². The lowest BCUT2D eigenvalue weighted by Gasteiger charge is -2.35. The molecular formula is C14H20FN3O. The summed E-state index contributed by atoms with van der Waals surface area (Å²) in [6.07, 6.45) is 2.00. The molecule has 5 heteroatoms. The molecule has 1 atom stereocenters. The summed E-state index contributed by atoms with van der Waals surface area (Å²) in [4.78, 5) is 13.7. The van der Waals surface area contributed by atoms with Gasteiger partial charge in [-0.05, 0) is 44.0 Å². The van der Waals surface area contributed by atoms with Crippen LogP contribution in [0.15, 0.2) is 24.3 Å². The number of anilines is 1. The average molecular weight is 265 g/mol. The van der Waals surface area contributed by atoms with Crippen LogP contribution in [0.3, 0.4) is 0 Å². The quantitative estimate of drug-likeness (QED) is 0.810. The van der Waals surface area contributed by atoms with Crippen molar-refractivity contribution in [1.82, 2.24) is 5.32 Å². The number of hydrogen-bond donors (Lipinski definition) is 2. The van der Waals surface area contributed by atoms with E-state index in [2.05, 4.69) is 5.32 Å². The summed E-state index contributed by atoms with van der Waals surface area (Å²) in [7, 11) is 3.59. The smallest absolute Gasteiger partial charge is 0.239 e. The van der Waals surface area contributed by atoms with Crippen LogP contribution in [0.2, 0.25) is 0 Å². The first-order valence-corrected chi connectivity index (χ1v) is 6.45. The molecule has 0 aromatic heterocycles. The van der Waals surface area contributed by atoms with E-state index < -0.39 is 5.54 Å². The number of carbonyl (C=O) groups is 1. The van der Waals surface area contributed by atoms with Crippen LogP contribution in [0.4, 0.5) is 10.1 Å². The highest BCUT2D eigenvalue weighted by molar-refractivity contribution is 5.86. The van der Waals surface area contributed by atoms with Crippen LogP contribution in [0.1, 0.15) is 12.8 Å². The summed E-state index contributed by atoms with van der Waals surface area (Å²) in [5, 5.41) is 3.08. The Hall–Kier alpha value is -1.62. The Bertz CT molecular complexity index is 476. The molecule has 0 radical (unpaired) electrons. The van der Waals surface area contributed by atoms with Crippen molar-refractivity contribution in [1.29, 1.82) is 0 Å². The Morgan fingerprint density at radius 2 is 2.26 bits per heavy atom. The predicted molar refractivity (Wildman–Crippen MR) is 73.4 cm³/mol. The fourth-order valence-electron chi connectivity index (χ4n) is 2.57. The van der Waals surface area contributed by atoms with Crippen molar-refractivity contribution in [3.63, 3.8) is 0 Å². The Kier molecular flexibility index (Phi) is 3.75. The Morgan fingerprint density at radius 3 is 2.74 bits per heavy atom. The van der Waals surface area contributed by atoms with Gasteiger partial charge in [-0.1, -0.05) is 6.07 Å². The van der Waals surface area contributed by atoms with Crippen LogP contribution in [0.25, 0.3) is 0 Å². The summed E-state index contributed by atoms with van der Waals surface area (Å²) in [5.41, 5.74) is 5.58. The second kappa shape index (κ2) is 5.17. The molecule has 0 bridgehead atoms. The van der Waals surface area contributed by atoms with Gasteiger partial charge in [0.25, 0.3) is 0 Å². The third-order valence-electron chi connectivity index (χ3n) is 3.90. The maximum absolute atomic E-state index is 13.2. The van der Waals surface area contributed by atoms with Gasteiger partial charge in [-0.3, -0.25) is 4.79 Å². The van der Waals surface area contributed by atoms with E-state index in [4.69, 9.17) is 5.73 Å². The molecule has 1 unspecified atom stereocenters.